The average Bonchev–Trinajstić information content (AvgIpc) is 2.49. The molecular weight excluding hydrogens is 236 g/mol. The van der Waals surface area contributed by atoms with Crippen molar-refractivity contribution in [1.29, 1.82) is 5.26 Å². The molecule has 0 aromatic heterocycles. The number of rotatable bonds is 7. The first-order valence-electron chi connectivity index (χ1n) is 6.96. The Morgan fingerprint density at radius 3 is 2.32 bits per heavy atom. The molecule has 0 saturated carbocycles. The zero-order chi connectivity index (χ0) is 14.3. The van der Waals surface area contributed by atoms with E-state index in [2.05, 4.69) is 32.2 Å². The fourth-order valence-corrected chi connectivity index (χ4v) is 2.35. The number of nitrogens with zero attached hydrogens (tertiary/aromatic N) is 1. The van der Waals surface area contributed by atoms with Crippen molar-refractivity contribution in [2.45, 2.75) is 52.1 Å². The van der Waals surface area contributed by atoms with E-state index in [1.54, 1.807) is 7.11 Å². The van der Waals surface area contributed by atoms with Crippen LogP contribution in [0.4, 0.5) is 0 Å². The highest BCUT2D eigenvalue weighted by Crippen LogP contribution is 2.22. The fourth-order valence-electron chi connectivity index (χ4n) is 2.35. The van der Waals surface area contributed by atoms with Crippen LogP contribution in [-0.2, 0) is 6.54 Å². The van der Waals surface area contributed by atoms with E-state index in [0.29, 0.717) is 11.3 Å². The van der Waals surface area contributed by atoms with Gasteiger partial charge in [0.25, 0.3) is 0 Å². The van der Waals surface area contributed by atoms with Crippen LogP contribution >= 0.6 is 0 Å². The van der Waals surface area contributed by atoms with Crippen LogP contribution in [0.5, 0.6) is 5.75 Å². The number of benzene rings is 1. The first kappa shape index (κ1) is 15.5. The number of ether oxygens (including phenoxy) is 1. The molecule has 3 nitrogen and oxygen atoms in total. The maximum absolute atomic E-state index is 8.97. The Morgan fingerprint density at radius 1 is 1.21 bits per heavy atom. The summed E-state index contributed by atoms with van der Waals surface area (Å²) in [6, 6.07) is 7.88. The van der Waals surface area contributed by atoms with Gasteiger partial charge >= 0.3 is 0 Å². The lowest BCUT2D eigenvalue weighted by atomic mass is 9.89. The van der Waals surface area contributed by atoms with Gasteiger partial charge < -0.3 is 10.1 Å². The number of methoxy groups -OCH3 is 1. The van der Waals surface area contributed by atoms with Gasteiger partial charge in [0, 0.05) is 12.1 Å². The second-order valence-electron chi connectivity index (χ2n) is 4.84. The van der Waals surface area contributed by atoms with E-state index in [1.807, 2.05) is 18.2 Å². The van der Waals surface area contributed by atoms with Crippen molar-refractivity contribution in [1.82, 2.24) is 5.32 Å². The Morgan fingerprint density at radius 2 is 1.84 bits per heavy atom. The van der Waals surface area contributed by atoms with Crippen LogP contribution in [0.2, 0.25) is 0 Å². The van der Waals surface area contributed by atoms with Crippen LogP contribution < -0.4 is 10.1 Å². The minimum atomic E-state index is 0.209. The van der Waals surface area contributed by atoms with Crippen molar-refractivity contribution in [3.63, 3.8) is 0 Å². The summed E-state index contributed by atoms with van der Waals surface area (Å²) in [6.45, 7) is 7.47. The summed E-state index contributed by atoms with van der Waals surface area (Å²) in [5, 5.41) is 12.6. The molecule has 0 saturated heterocycles. The molecule has 0 aliphatic carbocycles. The summed E-state index contributed by atoms with van der Waals surface area (Å²) >= 11 is 0. The van der Waals surface area contributed by atoms with Gasteiger partial charge in [-0.2, -0.15) is 5.26 Å². The summed E-state index contributed by atoms with van der Waals surface area (Å²) in [6.07, 6.45) is 3.36. The number of nitrogens with one attached hydrogen (secondary N) is 1. The molecule has 1 aromatic carbocycles. The van der Waals surface area contributed by atoms with Gasteiger partial charge in [0.2, 0.25) is 0 Å². The van der Waals surface area contributed by atoms with E-state index in [1.165, 1.54) is 0 Å². The van der Waals surface area contributed by atoms with Gasteiger partial charge in [-0.05, 0) is 37.0 Å². The van der Waals surface area contributed by atoms with Crippen molar-refractivity contribution in [2.75, 3.05) is 7.11 Å². The second-order valence-corrected chi connectivity index (χ2v) is 4.84. The van der Waals surface area contributed by atoms with E-state index >= 15 is 0 Å². The van der Waals surface area contributed by atoms with Gasteiger partial charge in [0.1, 0.15) is 11.8 Å². The Bertz CT molecular complexity index is 436. The SMILES string of the molecule is CCC(CC)(CC)NCc1ccc(C#N)c(OC)c1. The zero-order valence-electron chi connectivity index (χ0n) is 12.4. The van der Waals surface area contributed by atoms with E-state index in [9.17, 15) is 0 Å². The van der Waals surface area contributed by atoms with Crippen molar-refractivity contribution in [2.24, 2.45) is 0 Å². The molecule has 1 aromatic rings. The van der Waals surface area contributed by atoms with E-state index in [4.69, 9.17) is 10.00 Å². The van der Waals surface area contributed by atoms with Gasteiger partial charge in [-0.25, -0.2) is 0 Å². The maximum atomic E-state index is 8.97. The van der Waals surface area contributed by atoms with Crippen molar-refractivity contribution in [3.8, 4) is 11.8 Å². The van der Waals surface area contributed by atoms with Gasteiger partial charge in [-0.15, -0.1) is 0 Å². The molecule has 1 N–H and O–H groups in total. The zero-order valence-corrected chi connectivity index (χ0v) is 12.4. The third-order valence-corrected chi connectivity index (χ3v) is 4.08. The van der Waals surface area contributed by atoms with Gasteiger partial charge in [-0.1, -0.05) is 26.8 Å². The summed E-state index contributed by atoms with van der Waals surface area (Å²) in [5.74, 6) is 0.650. The van der Waals surface area contributed by atoms with Crippen LogP contribution in [0, 0.1) is 11.3 Å². The molecule has 1 rings (SSSR count). The first-order chi connectivity index (χ1) is 9.14. The summed E-state index contributed by atoms with van der Waals surface area (Å²) < 4.78 is 5.24. The maximum Gasteiger partial charge on any atom is 0.136 e. The van der Waals surface area contributed by atoms with Crippen LogP contribution in [-0.4, -0.2) is 12.6 Å². The van der Waals surface area contributed by atoms with Gasteiger partial charge in [0.15, 0.2) is 0 Å². The molecule has 0 amide bonds. The van der Waals surface area contributed by atoms with Crippen molar-refractivity contribution >= 4 is 0 Å². The minimum absolute atomic E-state index is 0.209. The monoisotopic (exact) mass is 260 g/mol. The average molecular weight is 260 g/mol. The molecule has 0 radical (unpaired) electrons. The quantitative estimate of drug-likeness (QED) is 0.814. The number of hydrogen-bond donors (Lipinski definition) is 1. The lowest BCUT2D eigenvalue weighted by Crippen LogP contribution is -2.43. The number of nitriles is 1. The molecule has 0 bridgehead atoms. The van der Waals surface area contributed by atoms with Gasteiger partial charge in [0.05, 0.1) is 12.7 Å². The molecule has 19 heavy (non-hydrogen) atoms. The molecule has 0 unspecified atom stereocenters. The van der Waals surface area contributed by atoms with Crippen LogP contribution in [0.15, 0.2) is 18.2 Å². The van der Waals surface area contributed by atoms with E-state index < -0.39 is 0 Å². The molecule has 0 spiro atoms. The topological polar surface area (TPSA) is 45.0 Å². The molecule has 3 heteroatoms. The van der Waals surface area contributed by atoms with Crippen LogP contribution in [0.3, 0.4) is 0 Å². The molecule has 0 aliphatic heterocycles. The predicted molar refractivity (Wildman–Crippen MR) is 78.2 cm³/mol. The molecule has 0 fully saturated rings. The first-order valence-corrected chi connectivity index (χ1v) is 6.96. The molecule has 0 atom stereocenters. The summed E-state index contributed by atoms with van der Waals surface area (Å²) in [5.41, 5.74) is 1.94. The molecular formula is C16H24N2O. The van der Waals surface area contributed by atoms with Gasteiger partial charge in [-0.3, -0.25) is 0 Å². The van der Waals surface area contributed by atoms with Crippen LogP contribution in [0.25, 0.3) is 0 Å². The second kappa shape index (κ2) is 7.16. The smallest absolute Gasteiger partial charge is 0.136 e. The molecule has 104 valence electrons. The summed E-state index contributed by atoms with van der Waals surface area (Å²) in [7, 11) is 1.60. The van der Waals surface area contributed by atoms with E-state index in [0.717, 1.165) is 31.4 Å². The minimum Gasteiger partial charge on any atom is -0.495 e. The Kier molecular flexibility index (Phi) is 5.85. The fraction of sp³-hybridized carbons (Fsp3) is 0.562. The Hall–Kier alpha value is -1.53. The largest absolute Gasteiger partial charge is 0.495 e. The van der Waals surface area contributed by atoms with Crippen molar-refractivity contribution < 1.29 is 4.74 Å². The van der Waals surface area contributed by atoms with Crippen LogP contribution in [0.1, 0.15) is 51.2 Å². The molecule has 0 heterocycles. The highest BCUT2D eigenvalue weighted by atomic mass is 16.5. The predicted octanol–water partition coefficient (Wildman–Crippen LogP) is 3.63. The van der Waals surface area contributed by atoms with Crippen molar-refractivity contribution in [3.05, 3.63) is 29.3 Å². The third-order valence-electron chi connectivity index (χ3n) is 4.08. The highest BCUT2D eigenvalue weighted by molar-refractivity contribution is 5.45. The Balaban J connectivity index is 2.81. The molecule has 0 aliphatic rings. The Labute approximate surface area is 116 Å². The standard InChI is InChI=1S/C16H24N2O/c1-5-16(6-2,7-3)18-12-13-8-9-14(11-17)15(10-13)19-4/h8-10,18H,5-7,12H2,1-4H3. The van der Waals surface area contributed by atoms with E-state index in [-0.39, 0.29) is 5.54 Å². The third kappa shape index (κ3) is 3.71. The normalized spacial score (nSPS) is 11.1. The number of hydrogen-bond acceptors (Lipinski definition) is 3. The lowest BCUT2D eigenvalue weighted by molar-refractivity contribution is 0.288. The summed E-state index contributed by atoms with van der Waals surface area (Å²) in [4.78, 5) is 0. The highest BCUT2D eigenvalue weighted by Gasteiger charge is 2.22. The lowest BCUT2D eigenvalue weighted by Gasteiger charge is -2.32.